The van der Waals surface area contributed by atoms with E-state index >= 15 is 0 Å². The molecule has 2 aromatic carbocycles. The van der Waals surface area contributed by atoms with Gasteiger partial charge in [0.15, 0.2) is 0 Å². The number of nitrogens with one attached hydrogen (secondary N) is 1. The van der Waals surface area contributed by atoms with Gasteiger partial charge in [0.05, 0.1) is 11.5 Å². The Labute approximate surface area is 175 Å². The van der Waals surface area contributed by atoms with Crippen LogP contribution in [-0.4, -0.2) is 21.8 Å². The summed E-state index contributed by atoms with van der Waals surface area (Å²) in [5.41, 5.74) is 1.31. The molecule has 0 aliphatic carbocycles. The highest BCUT2D eigenvalue weighted by Crippen LogP contribution is 2.27. The molecule has 0 saturated carbocycles. The molecule has 1 aliphatic rings. The molecule has 3 aromatic rings. The number of imide groups is 1. The maximum Gasteiger partial charge on any atom is 0.329 e. The summed E-state index contributed by atoms with van der Waals surface area (Å²) in [7, 11) is 0. The van der Waals surface area contributed by atoms with Crippen molar-refractivity contribution in [1.82, 2.24) is 10.2 Å². The third-order valence-corrected chi connectivity index (χ3v) is 4.72. The zero-order valence-electron chi connectivity index (χ0n) is 15.4. The minimum absolute atomic E-state index is 0.0557. The van der Waals surface area contributed by atoms with Crippen molar-refractivity contribution in [1.29, 1.82) is 0 Å². The molecule has 0 spiro atoms. The molecule has 8 nitrogen and oxygen atoms in total. The van der Waals surface area contributed by atoms with Crippen molar-refractivity contribution >= 4 is 35.3 Å². The highest BCUT2D eigenvalue weighted by Gasteiger charge is 2.33. The molecule has 30 heavy (non-hydrogen) atoms. The van der Waals surface area contributed by atoms with Gasteiger partial charge in [-0.3, -0.25) is 19.8 Å². The summed E-state index contributed by atoms with van der Waals surface area (Å²) < 4.78 is 5.68. The van der Waals surface area contributed by atoms with Crippen molar-refractivity contribution in [2.24, 2.45) is 0 Å². The molecule has 4 rings (SSSR count). The number of hydrogen-bond donors (Lipinski definition) is 1. The van der Waals surface area contributed by atoms with E-state index in [0.29, 0.717) is 22.1 Å². The molecular formula is C21H14ClN3O5. The van der Waals surface area contributed by atoms with Crippen LogP contribution in [0.2, 0.25) is 5.02 Å². The first kappa shape index (κ1) is 19.4. The fourth-order valence-corrected chi connectivity index (χ4v) is 3.11. The predicted molar refractivity (Wildman–Crippen MR) is 109 cm³/mol. The van der Waals surface area contributed by atoms with E-state index in [-0.39, 0.29) is 17.9 Å². The van der Waals surface area contributed by atoms with Gasteiger partial charge in [-0.2, -0.15) is 0 Å². The molecule has 1 aromatic heterocycles. The van der Waals surface area contributed by atoms with Gasteiger partial charge in [-0.15, -0.1) is 0 Å². The van der Waals surface area contributed by atoms with Crippen LogP contribution < -0.4 is 5.32 Å². The van der Waals surface area contributed by atoms with E-state index < -0.39 is 16.9 Å². The number of urea groups is 1. The molecule has 9 heteroatoms. The lowest BCUT2D eigenvalue weighted by molar-refractivity contribution is -0.384. The number of nitro groups is 1. The fraction of sp³-hybridized carbons (Fsp3) is 0.0476. The van der Waals surface area contributed by atoms with Crippen molar-refractivity contribution in [3.63, 3.8) is 0 Å². The lowest BCUT2D eigenvalue weighted by Gasteiger charge is -2.11. The summed E-state index contributed by atoms with van der Waals surface area (Å²) in [6, 6.07) is 15.6. The summed E-state index contributed by atoms with van der Waals surface area (Å²) in [5, 5.41) is 14.0. The number of nitro benzene ring substituents is 1. The van der Waals surface area contributed by atoms with E-state index in [9.17, 15) is 19.7 Å². The average molecular weight is 424 g/mol. The Bertz CT molecular complexity index is 1180. The van der Waals surface area contributed by atoms with Crippen LogP contribution in [0.3, 0.4) is 0 Å². The van der Waals surface area contributed by atoms with E-state index in [1.54, 1.807) is 48.5 Å². The maximum atomic E-state index is 12.6. The number of non-ortho nitro benzene ring substituents is 1. The lowest BCUT2D eigenvalue weighted by Crippen LogP contribution is -2.30. The van der Waals surface area contributed by atoms with Gasteiger partial charge in [-0.05, 0) is 29.8 Å². The number of amides is 3. The molecule has 0 bridgehead atoms. The maximum absolute atomic E-state index is 12.6. The smallest absolute Gasteiger partial charge is 0.329 e. The van der Waals surface area contributed by atoms with Gasteiger partial charge in [0.1, 0.15) is 17.2 Å². The summed E-state index contributed by atoms with van der Waals surface area (Å²) in [5.74, 6) is 0.247. The average Bonchev–Trinajstić information content (AvgIpc) is 3.30. The molecule has 150 valence electrons. The van der Waals surface area contributed by atoms with Crippen molar-refractivity contribution < 1.29 is 18.9 Å². The van der Waals surface area contributed by atoms with E-state index in [4.69, 9.17) is 16.0 Å². The molecule has 1 N–H and O–H groups in total. The highest BCUT2D eigenvalue weighted by atomic mass is 35.5. The first-order valence-corrected chi connectivity index (χ1v) is 9.22. The molecular weight excluding hydrogens is 410 g/mol. The number of halogens is 1. The Balaban J connectivity index is 1.53. The van der Waals surface area contributed by atoms with E-state index in [0.717, 1.165) is 10.5 Å². The van der Waals surface area contributed by atoms with Gasteiger partial charge in [0, 0.05) is 28.8 Å². The van der Waals surface area contributed by atoms with Crippen LogP contribution in [0.5, 0.6) is 0 Å². The van der Waals surface area contributed by atoms with Gasteiger partial charge in [-0.1, -0.05) is 35.9 Å². The van der Waals surface area contributed by atoms with Crippen molar-refractivity contribution in [2.45, 2.75) is 6.54 Å². The van der Waals surface area contributed by atoms with Crippen LogP contribution >= 0.6 is 11.6 Å². The lowest BCUT2D eigenvalue weighted by atomic mass is 10.1. The van der Waals surface area contributed by atoms with Crippen LogP contribution in [0.4, 0.5) is 10.5 Å². The summed E-state index contributed by atoms with van der Waals surface area (Å²) >= 11 is 5.86. The normalized spacial score (nSPS) is 15.0. The van der Waals surface area contributed by atoms with Gasteiger partial charge in [-0.25, -0.2) is 4.79 Å². The monoisotopic (exact) mass is 423 g/mol. The Hall–Kier alpha value is -3.91. The number of hydrogen-bond acceptors (Lipinski definition) is 5. The van der Waals surface area contributed by atoms with Crippen LogP contribution in [0, 0.1) is 10.1 Å². The summed E-state index contributed by atoms with van der Waals surface area (Å²) in [6.07, 6.45) is 1.42. The van der Waals surface area contributed by atoms with Crippen molar-refractivity contribution in [3.8, 4) is 11.3 Å². The molecule has 1 saturated heterocycles. The molecule has 1 fully saturated rings. The van der Waals surface area contributed by atoms with Gasteiger partial charge in [0.2, 0.25) is 0 Å². The Morgan fingerprint density at radius 1 is 1.10 bits per heavy atom. The van der Waals surface area contributed by atoms with E-state index in [1.807, 2.05) is 0 Å². The van der Waals surface area contributed by atoms with E-state index in [1.165, 1.54) is 18.2 Å². The largest absolute Gasteiger partial charge is 0.457 e. The number of rotatable bonds is 5. The number of carbonyl (C=O) groups is 2. The summed E-state index contributed by atoms with van der Waals surface area (Å²) in [6.45, 7) is 0.107. The van der Waals surface area contributed by atoms with Gasteiger partial charge < -0.3 is 9.73 Å². The quantitative estimate of drug-likeness (QED) is 0.279. The third kappa shape index (κ3) is 3.94. The third-order valence-electron chi connectivity index (χ3n) is 4.47. The fourth-order valence-electron chi connectivity index (χ4n) is 2.99. The summed E-state index contributed by atoms with van der Waals surface area (Å²) in [4.78, 5) is 36.4. The van der Waals surface area contributed by atoms with E-state index in [2.05, 4.69) is 5.32 Å². The molecule has 0 unspecified atom stereocenters. The number of nitrogens with zero attached hydrogens (tertiary/aromatic N) is 2. The second kappa shape index (κ2) is 7.84. The SMILES string of the molecule is O=C1N/C(=C\c2ccc(-c3cccc([N+](=O)[O-])c3)o2)C(=O)N1Cc1ccc(Cl)cc1. The highest BCUT2D eigenvalue weighted by molar-refractivity contribution is 6.30. The standard InChI is InChI=1S/C21H14ClN3O5/c22-15-6-4-13(5-7-15)12-24-20(26)18(23-21(24)27)11-17-8-9-19(30-17)14-2-1-3-16(10-14)25(28)29/h1-11H,12H2,(H,23,27)/b18-11-. The molecule has 0 atom stereocenters. The Morgan fingerprint density at radius 2 is 1.87 bits per heavy atom. The molecule has 3 amide bonds. The predicted octanol–water partition coefficient (Wildman–Crippen LogP) is 4.60. The molecule has 2 heterocycles. The first-order valence-electron chi connectivity index (χ1n) is 8.84. The van der Waals surface area contributed by atoms with Crippen LogP contribution in [0.1, 0.15) is 11.3 Å². The molecule has 0 radical (unpaired) electrons. The Morgan fingerprint density at radius 3 is 2.60 bits per heavy atom. The Kier molecular flexibility index (Phi) is 5.07. The minimum Gasteiger partial charge on any atom is -0.457 e. The van der Waals surface area contributed by atoms with Gasteiger partial charge >= 0.3 is 6.03 Å². The second-order valence-electron chi connectivity index (χ2n) is 6.52. The minimum atomic E-state index is -0.535. The second-order valence-corrected chi connectivity index (χ2v) is 6.95. The number of benzene rings is 2. The number of furan rings is 1. The van der Waals surface area contributed by atoms with Crippen molar-refractivity contribution in [3.05, 3.63) is 92.8 Å². The number of carbonyl (C=O) groups excluding carboxylic acids is 2. The van der Waals surface area contributed by atoms with Crippen LogP contribution in [-0.2, 0) is 11.3 Å². The van der Waals surface area contributed by atoms with Crippen LogP contribution in [0.15, 0.2) is 70.8 Å². The van der Waals surface area contributed by atoms with Gasteiger partial charge in [0.25, 0.3) is 11.6 Å². The van der Waals surface area contributed by atoms with Crippen molar-refractivity contribution in [2.75, 3.05) is 0 Å². The first-order chi connectivity index (χ1) is 14.4. The topological polar surface area (TPSA) is 106 Å². The zero-order valence-corrected chi connectivity index (χ0v) is 16.1. The zero-order chi connectivity index (χ0) is 21.3. The molecule has 1 aliphatic heterocycles. The van der Waals surface area contributed by atoms with Crippen LogP contribution in [0.25, 0.3) is 17.4 Å².